The summed E-state index contributed by atoms with van der Waals surface area (Å²) in [6.07, 6.45) is 0.696. The molecule has 0 radical (unpaired) electrons. The van der Waals surface area contributed by atoms with Gasteiger partial charge in [0.2, 0.25) is 5.91 Å². The number of carbonyl (C=O) groups is 1. The molecule has 0 heterocycles. The van der Waals surface area contributed by atoms with E-state index in [1.54, 1.807) is 24.3 Å². The van der Waals surface area contributed by atoms with Crippen LogP contribution in [0.25, 0.3) is 0 Å². The van der Waals surface area contributed by atoms with E-state index in [1.165, 1.54) is 24.3 Å². The van der Waals surface area contributed by atoms with Crippen molar-refractivity contribution < 1.29 is 14.6 Å². The van der Waals surface area contributed by atoms with E-state index in [9.17, 15) is 25.0 Å². The van der Waals surface area contributed by atoms with Gasteiger partial charge in [-0.3, -0.25) is 25.0 Å². The van der Waals surface area contributed by atoms with Crippen LogP contribution in [0.4, 0.5) is 11.4 Å². The Hall–Kier alpha value is -3.33. The van der Waals surface area contributed by atoms with Crippen molar-refractivity contribution in [2.45, 2.75) is 18.3 Å². The number of nitro groups is 2. The van der Waals surface area contributed by atoms with E-state index >= 15 is 0 Å². The number of hydrogen-bond acceptors (Lipinski definition) is 6. The molecule has 0 aromatic heterocycles. The lowest BCUT2D eigenvalue weighted by Crippen LogP contribution is -2.46. The molecule has 0 bridgehead atoms. The highest BCUT2D eigenvalue weighted by atomic mass is 16.6. The fraction of sp³-hybridized carbons (Fsp3) is 0.381. The summed E-state index contributed by atoms with van der Waals surface area (Å²) in [6.45, 7) is 1.23. The number of hydrogen-bond donors (Lipinski definition) is 1. The zero-order valence-electron chi connectivity index (χ0n) is 16.9. The predicted molar refractivity (Wildman–Crippen MR) is 111 cm³/mol. The Labute approximate surface area is 174 Å². The van der Waals surface area contributed by atoms with Gasteiger partial charge in [-0.2, -0.15) is 0 Å². The first-order valence-electron chi connectivity index (χ1n) is 9.69. The number of likely N-dealkylation sites (N-methyl/N-ethyl adjacent to an activating group) is 1. The van der Waals surface area contributed by atoms with Crippen LogP contribution in [0, 0.1) is 26.1 Å². The number of nitrogens with one attached hydrogen (secondary N) is 1. The summed E-state index contributed by atoms with van der Waals surface area (Å²) in [6, 6.07) is 12.6. The van der Waals surface area contributed by atoms with Crippen LogP contribution in [-0.2, 0) is 4.79 Å². The van der Waals surface area contributed by atoms with Crippen LogP contribution < -0.4 is 5.32 Å². The monoisotopic (exact) mass is 412 g/mol. The molecule has 0 saturated heterocycles. The van der Waals surface area contributed by atoms with Crippen LogP contribution >= 0.6 is 0 Å². The average Bonchev–Trinajstić information content (AvgIpc) is 2.67. The number of benzene rings is 2. The molecule has 3 rings (SSSR count). The molecule has 1 saturated carbocycles. The molecule has 1 fully saturated rings. The Morgan fingerprint density at radius 1 is 0.933 bits per heavy atom. The lowest BCUT2D eigenvalue weighted by molar-refractivity contribution is -0.385. The molecule has 1 N–H and O–H groups in total. The molecule has 1 amide bonds. The first kappa shape index (κ1) is 21.4. The van der Waals surface area contributed by atoms with Crippen molar-refractivity contribution in [3.05, 3.63) is 79.9 Å². The number of nitrogens with zero attached hydrogens (tertiary/aromatic N) is 3. The number of amides is 1. The fourth-order valence-corrected chi connectivity index (χ4v) is 3.91. The number of non-ortho nitro benzene ring substituents is 2. The van der Waals surface area contributed by atoms with Crippen molar-refractivity contribution in [2.24, 2.45) is 5.92 Å². The summed E-state index contributed by atoms with van der Waals surface area (Å²) in [5.41, 5.74) is 1.78. The molecular formula is C21H24N4O5. The van der Waals surface area contributed by atoms with Crippen LogP contribution in [0.1, 0.15) is 29.4 Å². The summed E-state index contributed by atoms with van der Waals surface area (Å²) in [7, 11) is 3.85. The molecule has 3 atom stereocenters. The normalized spacial score (nSPS) is 20.4. The Bertz CT molecular complexity index is 864. The minimum Gasteiger partial charge on any atom is -0.355 e. The Morgan fingerprint density at radius 2 is 1.37 bits per heavy atom. The number of carbonyl (C=O) groups excluding carboxylic acids is 1. The van der Waals surface area contributed by atoms with E-state index < -0.39 is 9.85 Å². The van der Waals surface area contributed by atoms with Crippen molar-refractivity contribution in [1.82, 2.24) is 10.2 Å². The average molecular weight is 412 g/mol. The first-order chi connectivity index (χ1) is 14.3. The summed E-state index contributed by atoms with van der Waals surface area (Å²) in [5.74, 6) is -0.541. The van der Waals surface area contributed by atoms with Crippen molar-refractivity contribution >= 4 is 17.3 Å². The molecule has 1 unspecified atom stereocenters. The van der Waals surface area contributed by atoms with Crippen LogP contribution in [0.3, 0.4) is 0 Å². The Balaban J connectivity index is 1.81. The van der Waals surface area contributed by atoms with E-state index in [2.05, 4.69) is 5.32 Å². The largest absolute Gasteiger partial charge is 0.355 e. The standard InChI is InChI=1S/C21H24N4O5/c1-23(2)12-11-22-21(26)20-18(14-3-7-16(8-4-14)24(27)28)13-19(20)15-5-9-17(10-6-15)25(29)30/h3-10,18-20H,11-13H2,1-2H3,(H,22,26)/t18-,19+,20?. The van der Waals surface area contributed by atoms with Gasteiger partial charge in [0.1, 0.15) is 0 Å². The third-order valence-electron chi connectivity index (χ3n) is 5.60. The Kier molecular flexibility index (Phi) is 6.41. The second-order valence-corrected chi connectivity index (χ2v) is 7.77. The van der Waals surface area contributed by atoms with Gasteiger partial charge in [-0.15, -0.1) is 0 Å². The summed E-state index contributed by atoms with van der Waals surface area (Å²) < 4.78 is 0. The van der Waals surface area contributed by atoms with Gasteiger partial charge in [0, 0.05) is 37.4 Å². The lowest BCUT2D eigenvalue weighted by Gasteiger charge is -2.44. The Morgan fingerprint density at radius 3 is 1.73 bits per heavy atom. The minimum atomic E-state index is -0.449. The van der Waals surface area contributed by atoms with E-state index in [1.807, 2.05) is 19.0 Å². The smallest absolute Gasteiger partial charge is 0.269 e. The van der Waals surface area contributed by atoms with Crippen molar-refractivity contribution in [2.75, 3.05) is 27.2 Å². The van der Waals surface area contributed by atoms with Crippen molar-refractivity contribution in [1.29, 1.82) is 0 Å². The van der Waals surface area contributed by atoms with Gasteiger partial charge >= 0.3 is 0 Å². The van der Waals surface area contributed by atoms with Gasteiger partial charge in [-0.1, -0.05) is 24.3 Å². The number of nitro benzene ring substituents is 2. The maximum Gasteiger partial charge on any atom is 0.269 e. The maximum absolute atomic E-state index is 13.0. The third kappa shape index (κ3) is 4.62. The predicted octanol–water partition coefficient (Wildman–Crippen LogP) is 3.07. The van der Waals surface area contributed by atoms with Crippen molar-refractivity contribution in [3.63, 3.8) is 0 Å². The van der Waals surface area contributed by atoms with Gasteiger partial charge in [-0.05, 0) is 43.5 Å². The van der Waals surface area contributed by atoms with E-state index in [-0.39, 0.29) is 35.0 Å². The van der Waals surface area contributed by atoms with Gasteiger partial charge < -0.3 is 10.2 Å². The molecular weight excluding hydrogens is 388 g/mol. The quantitative estimate of drug-likeness (QED) is 0.526. The summed E-state index contributed by atoms with van der Waals surface area (Å²) >= 11 is 0. The summed E-state index contributed by atoms with van der Waals surface area (Å²) in [5, 5.41) is 24.8. The zero-order chi connectivity index (χ0) is 21.8. The van der Waals surface area contributed by atoms with Crippen molar-refractivity contribution in [3.8, 4) is 0 Å². The van der Waals surface area contributed by atoms with E-state index in [0.717, 1.165) is 11.1 Å². The molecule has 0 aliphatic heterocycles. The molecule has 1 aliphatic rings. The highest BCUT2D eigenvalue weighted by Crippen LogP contribution is 2.53. The topological polar surface area (TPSA) is 119 Å². The highest BCUT2D eigenvalue weighted by molar-refractivity contribution is 5.82. The molecule has 158 valence electrons. The molecule has 30 heavy (non-hydrogen) atoms. The minimum absolute atomic E-state index is 0.0111. The van der Waals surface area contributed by atoms with Gasteiger partial charge in [0.25, 0.3) is 11.4 Å². The first-order valence-corrected chi connectivity index (χ1v) is 9.69. The molecule has 2 aromatic carbocycles. The van der Waals surface area contributed by atoms with Crippen LogP contribution in [0.5, 0.6) is 0 Å². The SMILES string of the molecule is CN(C)CCNC(=O)C1[C@@H](c2ccc([N+](=O)[O-])cc2)C[C@H]1c1ccc([N+](=O)[O-])cc1. The second kappa shape index (κ2) is 9.00. The van der Waals surface area contributed by atoms with E-state index in [4.69, 9.17) is 0 Å². The van der Waals surface area contributed by atoms with Gasteiger partial charge in [-0.25, -0.2) is 0 Å². The lowest BCUT2D eigenvalue weighted by atomic mass is 9.59. The van der Waals surface area contributed by atoms with Gasteiger partial charge in [0.15, 0.2) is 0 Å². The van der Waals surface area contributed by atoms with Crippen LogP contribution in [0.15, 0.2) is 48.5 Å². The van der Waals surface area contributed by atoms with Crippen LogP contribution in [0.2, 0.25) is 0 Å². The third-order valence-corrected chi connectivity index (χ3v) is 5.60. The molecule has 9 nitrogen and oxygen atoms in total. The molecule has 1 aliphatic carbocycles. The van der Waals surface area contributed by atoms with Gasteiger partial charge in [0.05, 0.1) is 15.8 Å². The molecule has 0 spiro atoms. The molecule has 9 heteroatoms. The second-order valence-electron chi connectivity index (χ2n) is 7.77. The highest BCUT2D eigenvalue weighted by Gasteiger charge is 2.47. The molecule has 2 aromatic rings. The fourth-order valence-electron chi connectivity index (χ4n) is 3.91. The summed E-state index contributed by atoms with van der Waals surface area (Å²) in [4.78, 5) is 35.9. The van der Waals surface area contributed by atoms with E-state index in [0.29, 0.717) is 19.5 Å². The zero-order valence-corrected chi connectivity index (χ0v) is 16.9. The maximum atomic E-state index is 13.0. The van der Waals surface area contributed by atoms with Crippen LogP contribution in [-0.4, -0.2) is 47.8 Å². The number of rotatable bonds is 8.